The maximum atomic E-state index is 10.8. The number of ether oxygens (including phenoxy) is 2. The number of nitrogens with one attached hydrogen (secondary N) is 1. The molecule has 0 saturated heterocycles. The summed E-state index contributed by atoms with van der Waals surface area (Å²) in [7, 11) is 1.51. The Labute approximate surface area is 88.3 Å². The predicted octanol–water partition coefficient (Wildman–Crippen LogP) is 1.93. The van der Waals surface area contributed by atoms with Crippen LogP contribution in [0.15, 0.2) is 18.2 Å². The van der Waals surface area contributed by atoms with E-state index in [9.17, 15) is 4.79 Å². The molecule has 0 atom stereocenters. The van der Waals surface area contributed by atoms with E-state index in [1.165, 1.54) is 7.11 Å². The Morgan fingerprint density at radius 3 is 2.80 bits per heavy atom. The third-order valence-electron chi connectivity index (χ3n) is 1.79. The summed E-state index contributed by atoms with van der Waals surface area (Å²) >= 11 is 0. The Bertz CT molecular complexity index is 374. The Kier molecular flexibility index (Phi) is 3.85. The van der Waals surface area contributed by atoms with Gasteiger partial charge in [-0.1, -0.05) is 6.07 Å². The molecule has 0 amide bonds. The van der Waals surface area contributed by atoms with Gasteiger partial charge in [0.2, 0.25) is 0 Å². The van der Waals surface area contributed by atoms with Crippen LogP contribution in [0.1, 0.15) is 17.3 Å². The van der Waals surface area contributed by atoms with Crippen LogP contribution >= 0.6 is 0 Å². The van der Waals surface area contributed by atoms with Crippen molar-refractivity contribution in [2.45, 2.75) is 6.92 Å². The minimum Gasteiger partial charge on any atom is -0.493 e. The van der Waals surface area contributed by atoms with Gasteiger partial charge in [0.25, 0.3) is 0 Å². The SMILES string of the molecule is COc1cccc(C=O)c1OCC(C)=N. The first-order valence-corrected chi connectivity index (χ1v) is 4.48. The lowest BCUT2D eigenvalue weighted by molar-refractivity contribution is 0.111. The van der Waals surface area contributed by atoms with E-state index in [1.807, 2.05) is 0 Å². The Morgan fingerprint density at radius 1 is 1.53 bits per heavy atom. The number of carbonyl (C=O) groups is 1. The third kappa shape index (κ3) is 2.80. The van der Waals surface area contributed by atoms with E-state index in [0.29, 0.717) is 29.1 Å². The number of carbonyl (C=O) groups excluding carboxylic acids is 1. The fraction of sp³-hybridized carbons (Fsp3) is 0.273. The second-order valence-corrected chi connectivity index (χ2v) is 3.07. The molecule has 0 radical (unpaired) electrons. The topological polar surface area (TPSA) is 59.4 Å². The van der Waals surface area contributed by atoms with Gasteiger partial charge >= 0.3 is 0 Å². The van der Waals surface area contributed by atoms with Crippen molar-refractivity contribution >= 4 is 12.0 Å². The van der Waals surface area contributed by atoms with Gasteiger partial charge in [0, 0.05) is 5.71 Å². The lowest BCUT2D eigenvalue weighted by atomic mass is 10.2. The molecule has 1 rings (SSSR count). The van der Waals surface area contributed by atoms with E-state index in [4.69, 9.17) is 14.9 Å². The molecule has 1 aromatic carbocycles. The molecule has 0 unspecified atom stereocenters. The van der Waals surface area contributed by atoms with Gasteiger partial charge in [-0.3, -0.25) is 4.79 Å². The van der Waals surface area contributed by atoms with Gasteiger partial charge < -0.3 is 14.9 Å². The molecule has 1 aromatic rings. The highest BCUT2D eigenvalue weighted by molar-refractivity contribution is 5.83. The van der Waals surface area contributed by atoms with Crippen molar-refractivity contribution in [2.24, 2.45) is 0 Å². The largest absolute Gasteiger partial charge is 0.493 e. The molecule has 0 saturated carbocycles. The lowest BCUT2D eigenvalue weighted by Crippen LogP contribution is -2.08. The van der Waals surface area contributed by atoms with Crippen LogP contribution in [-0.4, -0.2) is 25.7 Å². The molecule has 0 spiro atoms. The van der Waals surface area contributed by atoms with Crippen LogP contribution in [0.25, 0.3) is 0 Å². The van der Waals surface area contributed by atoms with Crippen LogP contribution in [0, 0.1) is 5.41 Å². The number of hydrogen-bond acceptors (Lipinski definition) is 4. The average molecular weight is 207 g/mol. The van der Waals surface area contributed by atoms with Crippen LogP contribution < -0.4 is 9.47 Å². The molecule has 80 valence electrons. The summed E-state index contributed by atoms with van der Waals surface area (Å²) in [6.07, 6.45) is 0.705. The van der Waals surface area contributed by atoms with Crippen LogP contribution in [0.4, 0.5) is 0 Å². The van der Waals surface area contributed by atoms with Crippen molar-refractivity contribution < 1.29 is 14.3 Å². The standard InChI is InChI=1S/C11H13NO3/c1-8(12)7-15-11-9(6-13)4-3-5-10(11)14-2/h3-6,12H,7H2,1-2H3. The highest BCUT2D eigenvalue weighted by Gasteiger charge is 2.09. The summed E-state index contributed by atoms with van der Waals surface area (Å²) in [5.74, 6) is 0.891. The van der Waals surface area contributed by atoms with Crippen molar-refractivity contribution in [3.05, 3.63) is 23.8 Å². The van der Waals surface area contributed by atoms with Crippen molar-refractivity contribution in [1.29, 1.82) is 5.41 Å². The first kappa shape index (κ1) is 11.2. The number of benzene rings is 1. The Hall–Kier alpha value is -1.84. The smallest absolute Gasteiger partial charge is 0.172 e. The van der Waals surface area contributed by atoms with Gasteiger partial charge in [0.15, 0.2) is 17.8 Å². The van der Waals surface area contributed by atoms with E-state index < -0.39 is 0 Å². The fourth-order valence-corrected chi connectivity index (χ4v) is 1.12. The van der Waals surface area contributed by atoms with E-state index in [-0.39, 0.29) is 6.61 Å². The van der Waals surface area contributed by atoms with E-state index in [0.717, 1.165) is 0 Å². The van der Waals surface area contributed by atoms with Gasteiger partial charge in [-0.25, -0.2) is 0 Å². The molecular formula is C11H13NO3. The molecule has 0 fully saturated rings. The van der Waals surface area contributed by atoms with E-state index in [2.05, 4.69) is 0 Å². The van der Waals surface area contributed by atoms with Gasteiger partial charge in [-0.15, -0.1) is 0 Å². The summed E-state index contributed by atoms with van der Waals surface area (Å²) in [5.41, 5.74) is 0.813. The first-order valence-electron chi connectivity index (χ1n) is 4.48. The molecule has 0 aliphatic rings. The number of para-hydroxylation sites is 1. The molecule has 1 N–H and O–H groups in total. The van der Waals surface area contributed by atoms with Crippen LogP contribution in [-0.2, 0) is 0 Å². The number of hydrogen-bond donors (Lipinski definition) is 1. The molecular weight excluding hydrogens is 194 g/mol. The summed E-state index contributed by atoms with van der Waals surface area (Å²) in [5, 5.41) is 7.24. The third-order valence-corrected chi connectivity index (χ3v) is 1.79. The molecule has 0 aromatic heterocycles. The van der Waals surface area contributed by atoms with Crippen LogP contribution in [0.3, 0.4) is 0 Å². The second kappa shape index (κ2) is 5.14. The zero-order valence-corrected chi connectivity index (χ0v) is 8.74. The minimum atomic E-state index is 0.154. The number of aldehydes is 1. The van der Waals surface area contributed by atoms with Crippen molar-refractivity contribution in [1.82, 2.24) is 0 Å². The zero-order valence-electron chi connectivity index (χ0n) is 8.74. The van der Waals surface area contributed by atoms with Crippen LogP contribution in [0.5, 0.6) is 11.5 Å². The first-order chi connectivity index (χ1) is 7.19. The summed E-state index contributed by atoms with van der Waals surface area (Å²) in [4.78, 5) is 10.8. The average Bonchev–Trinajstić information content (AvgIpc) is 2.25. The molecule has 4 nitrogen and oxygen atoms in total. The van der Waals surface area contributed by atoms with Gasteiger partial charge in [-0.05, 0) is 19.1 Å². The Balaban J connectivity index is 2.99. The monoisotopic (exact) mass is 207 g/mol. The van der Waals surface area contributed by atoms with Crippen molar-refractivity contribution in [3.63, 3.8) is 0 Å². The number of rotatable bonds is 5. The molecule has 0 aliphatic carbocycles. The van der Waals surface area contributed by atoms with Gasteiger partial charge in [0.1, 0.15) is 6.61 Å². The maximum Gasteiger partial charge on any atom is 0.172 e. The van der Waals surface area contributed by atoms with Crippen molar-refractivity contribution in [2.75, 3.05) is 13.7 Å². The zero-order chi connectivity index (χ0) is 11.3. The van der Waals surface area contributed by atoms with E-state index >= 15 is 0 Å². The molecule has 0 heterocycles. The van der Waals surface area contributed by atoms with E-state index in [1.54, 1.807) is 25.1 Å². The fourth-order valence-electron chi connectivity index (χ4n) is 1.12. The molecule has 15 heavy (non-hydrogen) atoms. The number of methoxy groups -OCH3 is 1. The molecule has 0 aliphatic heterocycles. The summed E-state index contributed by atoms with van der Waals surface area (Å²) in [6.45, 7) is 1.79. The minimum absolute atomic E-state index is 0.154. The predicted molar refractivity (Wildman–Crippen MR) is 57.3 cm³/mol. The highest BCUT2D eigenvalue weighted by atomic mass is 16.5. The summed E-state index contributed by atoms with van der Waals surface area (Å²) < 4.78 is 10.4. The van der Waals surface area contributed by atoms with Gasteiger partial charge in [-0.2, -0.15) is 0 Å². The maximum absolute atomic E-state index is 10.8. The second-order valence-electron chi connectivity index (χ2n) is 3.07. The van der Waals surface area contributed by atoms with Crippen LogP contribution in [0.2, 0.25) is 0 Å². The highest BCUT2D eigenvalue weighted by Crippen LogP contribution is 2.29. The quantitative estimate of drug-likeness (QED) is 0.592. The Morgan fingerprint density at radius 2 is 2.27 bits per heavy atom. The normalized spacial score (nSPS) is 9.47. The molecule has 4 heteroatoms. The van der Waals surface area contributed by atoms with Gasteiger partial charge in [0.05, 0.1) is 12.7 Å². The lowest BCUT2D eigenvalue weighted by Gasteiger charge is -2.11. The summed E-state index contributed by atoms with van der Waals surface area (Å²) in [6, 6.07) is 5.07. The van der Waals surface area contributed by atoms with Crippen molar-refractivity contribution in [3.8, 4) is 11.5 Å². The molecule has 0 bridgehead atoms.